The predicted molar refractivity (Wildman–Crippen MR) is 124 cm³/mol. The second-order valence-electron chi connectivity index (χ2n) is 8.38. The second-order valence-corrected chi connectivity index (χ2v) is 8.38. The molecule has 3 N–H and O–H groups in total. The third-order valence-electron chi connectivity index (χ3n) is 5.66. The molecule has 0 aliphatic rings. The molecule has 0 radical (unpaired) electrons. The highest BCUT2D eigenvalue weighted by Crippen LogP contribution is 2.43. The highest BCUT2D eigenvalue weighted by molar-refractivity contribution is 6.20. The maximum Gasteiger partial charge on any atom is 0.182 e. The third kappa shape index (κ3) is 3.12. The van der Waals surface area contributed by atoms with E-state index in [0.29, 0.717) is 27.9 Å². The summed E-state index contributed by atoms with van der Waals surface area (Å²) >= 11 is 0. The Morgan fingerprint density at radius 2 is 1.72 bits per heavy atom. The number of H-pyrrole nitrogens is 1. The highest BCUT2D eigenvalue weighted by atomic mass is 16.3. The topological polar surface area (TPSA) is 104 Å². The molecule has 0 atom stereocenters. The van der Waals surface area contributed by atoms with Crippen LogP contribution in [0.1, 0.15) is 23.7 Å². The van der Waals surface area contributed by atoms with E-state index in [9.17, 15) is 19.8 Å². The van der Waals surface area contributed by atoms with E-state index in [0.717, 1.165) is 32.9 Å². The number of benzene rings is 3. The summed E-state index contributed by atoms with van der Waals surface area (Å²) in [4.78, 5) is 27.6. The van der Waals surface area contributed by atoms with Gasteiger partial charge in [-0.05, 0) is 67.1 Å². The molecule has 0 amide bonds. The molecule has 0 saturated carbocycles. The maximum absolute atomic E-state index is 12.2. The number of carbonyl (C=O) groups is 1. The van der Waals surface area contributed by atoms with Gasteiger partial charge in [0.15, 0.2) is 5.43 Å². The number of Topliss-reactive ketones (excluding diaryl/α,β-unsaturated/α-hetero) is 1. The molecule has 0 unspecified atom stereocenters. The van der Waals surface area contributed by atoms with Gasteiger partial charge in [-0.15, -0.1) is 0 Å². The Hall–Kier alpha value is -4.06. The third-order valence-corrected chi connectivity index (χ3v) is 5.66. The molecule has 0 fully saturated rings. The number of pyridine rings is 1. The summed E-state index contributed by atoms with van der Waals surface area (Å²) in [7, 11) is 0. The summed E-state index contributed by atoms with van der Waals surface area (Å²) in [5, 5.41) is 23.2. The molecule has 6 heteroatoms. The van der Waals surface area contributed by atoms with Crippen molar-refractivity contribution in [3.8, 4) is 22.6 Å². The molecular formula is C26H21NO5. The van der Waals surface area contributed by atoms with E-state index >= 15 is 0 Å². The van der Waals surface area contributed by atoms with Crippen molar-refractivity contribution < 1.29 is 19.4 Å². The minimum absolute atomic E-state index is 0.0595. The Labute approximate surface area is 182 Å². The number of phenols is 2. The van der Waals surface area contributed by atoms with Gasteiger partial charge in [-0.25, -0.2) is 0 Å². The summed E-state index contributed by atoms with van der Waals surface area (Å²) in [6.45, 7) is 5.29. The lowest BCUT2D eigenvalue weighted by molar-refractivity contribution is -0.116. The number of aromatic nitrogens is 1. The SMILES string of the molecule is CC(=O)Cc1cc(O)cc(O)c1-c1cc(C)cc2oc3cc(=O)cc4cc(C)[nH]c(c12)c43. The number of hydrogen-bond acceptors (Lipinski definition) is 5. The predicted octanol–water partition coefficient (Wildman–Crippen LogP) is 5.25. The average Bonchev–Trinajstić information content (AvgIpc) is 2.65. The first-order chi connectivity index (χ1) is 15.2. The normalized spacial score (nSPS) is 11.6. The van der Waals surface area contributed by atoms with Crippen LogP contribution in [0.25, 0.3) is 44.0 Å². The number of nitrogens with one attached hydrogen (secondary N) is 1. The number of phenolic OH excluding ortho intramolecular Hbond substituents is 2. The van der Waals surface area contributed by atoms with E-state index in [4.69, 9.17) is 4.42 Å². The lowest BCUT2D eigenvalue weighted by Crippen LogP contribution is -2.01. The summed E-state index contributed by atoms with van der Waals surface area (Å²) in [5.74, 6) is -0.330. The molecule has 0 bridgehead atoms. The van der Waals surface area contributed by atoms with Gasteiger partial charge >= 0.3 is 0 Å². The van der Waals surface area contributed by atoms with Gasteiger partial charge in [-0.3, -0.25) is 9.59 Å². The van der Waals surface area contributed by atoms with E-state index in [1.54, 1.807) is 6.07 Å². The van der Waals surface area contributed by atoms with Crippen LogP contribution in [0.15, 0.2) is 51.7 Å². The number of aryl methyl sites for hydroxylation is 2. The first-order valence-corrected chi connectivity index (χ1v) is 10.3. The van der Waals surface area contributed by atoms with Crippen molar-refractivity contribution in [2.45, 2.75) is 27.2 Å². The van der Waals surface area contributed by atoms with Crippen LogP contribution in [0, 0.1) is 13.8 Å². The standard InChI is InChI=1S/C26H21NO5/c1-12-4-19(23-16(7-14(3)28)9-17(29)10-20(23)31)25-21(5-12)32-22-11-18(30)8-15-6-13(2)27-26(25)24(15)22/h4-6,8-11,27,29,31H,7H2,1-3H3. The minimum atomic E-state index is -0.139. The molecule has 0 aliphatic carbocycles. The van der Waals surface area contributed by atoms with Crippen LogP contribution in [0.2, 0.25) is 0 Å². The van der Waals surface area contributed by atoms with Gasteiger partial charge in [0.2, 0.25) is 0 Å². The smallest absolute Gasteiger partial charge is 0.182 e. The van der Waals surface area contributed by atoms with Crippen LogP contribution in [0.3, 0.4) is 0 Å². The van der Waals surface area contributed by atoms with Crippen molar-refractivity contribution in [1.82, 2.24) is 4.98 Å². The zero-order chi connectivity index (χ0) is 22.7. The van der Waals surface area contributed by atoms with Crippen LogP contribution in [-0.2, 0) is 11.2 Å². The van der Waals surface area contributed by atoms with Crippen molar-refractivity contribution in [1.29, 1.82) is 0 Å². The van der Waals surface area contributed by atoms with E-state index < -0.39 is 0 Å². The van der Waals surface area contributed by atoms with Gasteiger partial charge in [-0.2, -0.15) is 0 Å². The minimum Gasteiger partial charge on any atom is -0.508 e. The number of rotatable bonds is 3. The molecule has 5 aromatic rings. The molecule has 3 aromatic carbocycles. The molecule has 6 nitrogen and oxygen atoms in total. The van der Waals surface area contributed by atoms with Gasteiger partial charge < -0.3 is 19.6 Å². The quantitative estimate of drug-likeness (QED) is 0.269. The monoisotopic (exact) mass is 427 g/mol. The van der Waals surface area contributed by atoms with Crippen LogP contribution >= 0.6 is 0 Å². The van der Waals surface area contributed by atoms with E-state index in [2.05, 4.69) is 4.98 Å². The van der Waals surface area contributed by atoms with Crippen molar-refractivity contribution in [3.63, 3.8) is 0 Å². The lowest BCUT2D eigenvalue weighted by Gasteiger charge is -2.17. The van der Waals surface area contributed by atoms with Crippen molar-refractivity contribution in [3.05, 3.63) is 69.5 Å². The molecule has 0 saturated heterocycles. The number of ketones is 1. The van der Waals surface area contributed by atoms with Crippen LogP contribution in [0.4, 0.5) is 0 Å². The first kappa shape index (κ1) is 19.9. The number of carbonyl (C=O) groups excluding carboxylic acids is 1. The zero-order valence-corrected chi connectivity index (χ0v) is 17.9. The van der Waals surface area contributed by atoms with Crippen molar-refractivity contribution >= 4 is 38.6 Å². The number of hydrogen-bond donors (Lipinski definition) is 3. The fourth-order valence-corrected chi connectivity index (χ4v) is 4.58. The molecule has 160 valence electrons. The fourth-order valence-electron chi connectivity index (χ4n) is 4.58. The number of fused-ring (bicyclic) bond motifs is 2. The van der Waals surface area contributed by atoms with Crippen LogP contribution in [0.5, 0.6) is 11.5 Å². The Kier molecular flexibility index (Phi) is 4.34. The summed E-state index contributed by atoms with van der Waals surface area (Å²) < 4.78 is 6.18. The molecule has 5 rings (SSSR count). The molecule has 0 spiro atoms. The Balaban J connectivity index is 2.02. The Morgan fingerprint density at radius 1 is 0.969 bits per heavy atom. The summed E-state index contributed by atoms with van der Waals surface area (Å²) in [6.07, 6.45) is 0.0595. The molecule has 0 aliphatic heterocycles. The maximum atomic E-state index is 12.2. The summed E-state index contributed by atoms with van der Waals surface area (Å²) in [6, 6.07) is 11.5. The average molecular weight is 427 g/mol. The fraction of sp³-hybridized carbons (Fsp3) is 0.154. The van der Waals surface area contributed by atoms with E-state index in [-0.39, 0.29) is 29.1 Å². The molecular weight excluding hydrogens is 406 g/mol. The second kappa shape index (κ2) is 6.99. The Bertz CT molecular complexity index is 1640. The van der Waals surface area contributed by atoms with E-state index in [1.807, 2.05) is 32.0 Å². The van der Waals surface area contributed by atoms with Crippen molar-refractivity contribution in [2.75, 3.05) is 0 Å². The van der Waals surface area contributed by atoms with E-state index in [1.165, 1.54) is 25.1 Å². The number of aromatic amines is 1. The Morgan fingerprint density at radius 3 is 2.47 bits per heavy atom. The largest absolute Gasteiger partial charge is 0.508 e. The first-order valence-electron chi connectivity index (χ1n) is 10.3. The van der Waals surface area contributed by atoms with Gasteiger partial charge in [0, 0.05) is 40.6 Å². The number of aromatic hydroxyl groups is 2. The van der Waals surface area contributed by atoms with Gasteiger partial charge in [0.25, 0.3) is 0 Å². The van der Waals surface area contributed by atoms with Gasteiger partial charge in [-0.1, -0.05) is 6.07 Å². The van der Waals surface area contributed by atoms with Gasteiger partial charge in [0.1, 0.15) is 28.4 Å². The summed E-state index contributed by atoms with van der Waals surface area (Å²) in [5.41, 5.74) is 5.06. The molecule has 2 heterocycles. The van der Waals surface area contributed by atoms with Crippen LogP contribution in [-0.4, -0.2) is 21.0 Å². The molecule has 2 aromatic heterocycles. The zero-order valence-electron chi connectivity index (χ0n) is 17.9. The van der Waals surface area contributed by atoms with Crippen molar-refractivity contribution in [2.24, 2.45) is 0 Å². The highest BCUT2D eigenvalue weighted by Gasteiger charge is 2.21. The molecule has 32 heavy (non-hydrogen) atoms. The lowest BCUT2D eigenvalue weighted by atomic mass is 9.90. The van der Waals surface area contributed by atoms with Gasteiger partial charge in [0.05, 0.1) is 5.52 Å². The van der Waals surface area contributed by atoms with Crippen LogP contribution < -0.4 is 5.43 Å².